The number of amides is 2. The van der Waals surface area contributed by atoms with E-state index in [0.29, 0.717) is 11.8 Å². The lowest BCUT2D eigenvalue weighted by atomic mass is 9.78. The van der Waals surface area contributed by atoms with Crippen molar-refractivity contribution in [3.8, 4) is 0 Å². The SMILES string of the molecule is CC1=C[C@@H](C)CC2C(N)=NC(=O)NC12. The molecule has 0 aromatic carbocycles. The second kappa shape index (κ2) is 3.12. The maximum atomic E-state index is 11.1. The average molecular weight is 193 g/mol. The van der Waals surface area contributed by atoms with Crippen molar-refractivity contribution in [2.75, 3.05) is 0 Å². The summed E-state index contributed by atoms with van der Waals surface area (Å²) in [4.78, 5) is 14.9. The van der Waals surface area contributed by atoms with Crippen LogP contribution in [-0.4, -0.2) is 17.9 Å². The van der Waals surface area contributed by atoms with Crippen LogP contribution in [0.2, 0.25) is 0 Å². The predicted molar refractivity (Wildman–Crippen MR) is 55.0 cm³/mol. The summed E-state index contributed by atoms with van der Waals surface area (Å²) in [6.07, 6.45) is 3.16. The molecule has 2 rings (SSSR count). The van der Waals surface area contributed by atoms with Gasteiger partial charge in [0.15, 0.2) is 0 Å². The van der Waals surface area contributed by atoms with E-state index in [1.165, 1.54) is 5.57 Å². The van der Waals surface area contributed by atoms with Crippen LogP contribution in [-0.2, 0) is 0 Å². The van der Waals surface area contributed by atoms with Gasteiger partial charge in [0.05, 0.1) is 6.04 Å². The van der Waals surface area contributed by atoms with Crippen LogP contribution in [0.3, 0.4) is 0 Å². The quantitative estimate of drug-likeness (QED) is 0.564. The molecule has 3 N–H and O–H groups in total. The topological polar surface area (TPSA) is 67.5 Å². The maximum Gasteiger partial charge on any atom is 0.343 e. The Kier molecular flexibility index (Phi) is 2.06. The first kappa shape index (κ1) is 9.24. The number of carbonyl (C=O) groups is 1. The van der Waals surface area contributed by atoms with Crippen LogP contribution in [0.4, 0.5) is 4.79 Å². The summed E-state index contributed by atoms with van der Waals surface area (Å²) in [5.74, 6) is 1.19. The minimum Gasteiger partial charge on any atom is -0.387 e. The number of carbonyl (C=O) groups excluding carboxylic acids is 1. The Morgan fingerprint density at radius 3 is 3.07 bits per heavy atom. The van der Waals surface area contributed by atoms with Crippen molar-refractivity contribution < 1.29 is 4.79 Å². The zero-order valence-electron chi connectivity index (χ0n) is 8.45. The van der Waals surface area contributed by atoms with Gasteiger partial charge in [-0.15, -0.1) is 0 Å². The standard InChI is InChI=1S/C10H15N3O/c1-5-3-6(2)8-7(4-5)9(11)13-10(14)12-8/h3,5,7-8H,4H2,1-2H3,(H3,11,12,13,14)/t5-,7?,8?/m1/s1. The average Bonchev–Trinajstić information content (AvgIpc) is 2.07. The van der Waals surface area contributed by atoms with Crippen molar-refractivity contribution >= 4 is 11.9 Å². The second-order valence-electron chi connectivity index (χ2n) is 4.19. The van der Waals surface area contributed by atoms with E-state index in [1.54, 1.807) is 0 Å². The van der Waals surface area contributed by atoms with E-state index in [9.17, 15) is 4.79 Å². The Hall–Kier alpha value is -1.32. The molecule has 0 saturated heterocycles. The molecular weight excluding hydrogens is 178 g/mol. The van der Waals surface area contributed by atoms with E-state index in [2.05, 4.69) is 23.3 Å². The summed E-state index contributed by atoms with van der Waals surface area (Å²) in [5, 5.41) is 2.84. The molecule has 1 heterocycles. The van der Waals surface area contributed by atoms with E-state index >= 15 is 0 Å². The van der Waals surface area contributed by atoms with Gasteiger partial charge in [0.2, 0.25) is 0 Å². The first-order valence-electron chi connectivity index (χ1n) is 4.91. The lowest BCUT2D eigenvalue weighted by Gasteiger charge is -2.36. The summed E-state index contributed by atoms with van der Waals surface area (Å²) < 4.78 is 0. The maximum absolute atomic E-state index is 11.1. The van der Waals surface area contributed by atoms with Crippen molar-refractivity contribution in [3.63, 3.8) is 0 Å². The molecule has 0 spiro atoms. The van der Waals surface area contributed by atoms with E-state index in [-0.39, 0.29) is 18.0 Å². The number of aliphatic imine (C=N–C) groups is 1. The van der Waals surface area contributed by atoms with E-state index < -0.39 is 0 Å². The van der Waals surface area contributed by atoms with Gasteiger partial charge in [-0.05, 0) is 19.3 Å². The van der Waals surface area contributed by atoms with Gasteiger partial charge >= 0.3 is 6.03 Å². The van der Waals surface area contributed by atoms with E-state index in [1.807, 2.05) is 6.92 Å². The molecule has 4 heteroatoms. The number of nitrogens with zero attached hydrogens (tertiary/aromatic N) is 1. The number of hydrogen-bond acceptors (Lipinski definition) is 2. The van der Waals surface area contributed by atoms with Gasteiger partial charge in [0.1, 0.15) is 5.84 Å². The third-order valence-electron chi connectivity index (χ3n) is 2.96. The molecular formula is C10H15N3O. The Morgan fingerprint density at radius 1 is 1.64 bits per heavy atom. The van der Waals surface area contributed by atoms with Gasteiger partial charge in [-0.25, -0.2) is 4.79 Å². The molecule has 14 heavy (non-hydrogen) atoms. The van der Waals surface area contributed by atoms with Crippen LogP contribution < -0.4 is 11.1 Å². The molecule has 3 atom stereocenters. The molecule has 1 aliphatic carbocycles. The molecule has 76 valence electrons. The number of amidine groups is 1. The summed E-state index contributed by atoms with van der Waals surface area (Å²) >= 11 is 0. The number of fused-ring (bicyclic) bond motifs is 1. The molecule has 0 fully saturated rings. The molecule has 0 bridgehead atoms. The highest BCUT2D eigenvalue weighted by molar-refractivity contribution is 5.97. The van der Waals surface area contributed by atoms with Crippen LogP contribution in [0, 0.1) is 11.8 Å². The van der Waals surface area contributed by atoms with E-state index in [0.717, 1.165) is 6.42 Å². The monoisotopic (exact) mass is 193 g/mol. The van der Waals surface area contributed by atoms with Crippen molar-refractivity contribution in [2.24, 2.45) is 22.6 Å². The van der Waals surface area contributed by atoms with E-state index in [4.69, 9.17) is 5.73 Å². The highest BCUT2D eigenvalue weighted by Gasteiger charge is 2.35. The fourth-order valence-corrected chi connectivity index (χ4v) is 2.35. The molecule has 0 radical (unpaired) electrons. The summed E-state index contributed by atoms with van der Waals surface area (Å²) in [6.45, 7) is 4.19. The van der Waals surface area contributed by atoms with Gasteiger partial charge in [-0.2, -0.15) is 4.99 Å². The minimum atomic E-state index is -0.314. The third kappa shape index (κ3) is 1.41. The summed E-state index contributed by atoms with van der Waals surface area (Å²) in [6, 6.07) is -0.248. The third-order valence-corrected chi connectivity index (χ3v) is 2.96. The van der Waals surface area contributed by atoms with Crippen molar-refractivity contribution in [3.05, 3.63) is 11.6 Å². The Balaban J connectivity index is 2.33. The highest BCUT2D eigenvalue weighted by Crippen LogP contribution is 2.30. The Bertz CT molecular complexity index is 332. The molecule has 2 amide bonds. The van der Waals surface area contributed by atoms with Crippen LogP contribution >= 0.6 is 0 Å². The first-order valence-corrected chi connectivity index (χ1v) is 4.91. The molecule has 2 unspecified atom stereocenters. The molecule has 0 aromatic heterocycles. The smallest absolute Gasteiger partial charge is 0.343 e. The van der Waals surface area contributed by atoms with Crippen molar-refractivity contribution in [2.45, 2.75) is 26.3 Å². The number of hydrogen-bond donors (Lipinski definition) is 2. The van der Waals surface area contributed by atoms with Crippen molar-refractivity contribution in [1.29, 1.82) is 0 Å². The Labute approximate surface area is 83.3 Å². The number of allylic oxidation sites excluding steroid dienone is 1. The van der Waals surface area contributed by atoms with Crippen LogP contribution in [0.1, 0.15) is 20.3 Å². The lowest BCUT2D eigenvalue weighted by Crippen LogP contribution is -2.52. The van der Waals surface area contributed by atoms with Crippen molar-refractivity contribution in [1.82, 2.24) is 5.32 Å². The molecule has 4 nitrogen and oxygen atoms in total. The first-order chi connectivity index (χ1) is 6.58. The van der Waals surface area contributed by atoms with Crippen LogP contribution in [0.25, 0.3) is 0 Å². The molecule has 1 aliphatic heterocycles. The zero-order valence-corrected chi connectivity index (χ0v) is 8.45. The lowest BCUT2D eigenvalue weighted by molar-refractivity contribution is 0.239. The fraction of sp³-hybridized carbons (Fsp3) is 0.600. The normalized spacial score (nSPS) is 36.7. The molecule has 2 aliphatic rings. The number of rotatable bonds is 0. The van der Waals surface area contributed by atoms with Crippen LogP contribution in [0.5, 0.6) is 0 Å². The molecule has 0 aromatic rings. The highest BCUT2D eigenvalue weighted by atomic mass is 16.2. The summed E-state index contributed by atoms with van der Waals surface area (Å²) in [7, 11) is 0. The van der Waals surface area contributed by atoms with Gasteiger partial charge < -0.3 is 11.1 Å². The Morgan fingerprint density at radius 2 is 2.36 bits per heavy atom. The van der Waals surface area contributed by atoms with Gasteiger partial charge in [0.25, 0.3) is 0 Å². The second-order valence-corrected chi connectivity index (χ2v) is 4.19. The number of nitrogens with two attached hydrogens (primary N) is 1. The minimum absolute atomic E-state index is 0.0659. The van der Waals surface area contributed by atoms with Gasteiger partial charge in [-0.3, -0.25) is 0 Å². The predicted octanol–water partition coefficient (Wildman–Crippen LogP) is 1.04. The largest absolute Gasteiger partial charge is 0.387 e. The zero-order chi connectivity index (χ0) is 10.3. The van der Waals surface area contributed by atoms with Gasteiger partial charge in [0, 0.05) is 5.92 Å². The molecule has 0 saturated carbocycles. The summed E-state index contributed by atoms with van der Waals surface area (Å²) in [5.41, 5.74) is 6.96. The van der Waals surface area contributed by atoms with Gasteiger partial charge in [-0.1, -0.05) is 18.6 Å². The number of nitrogens with one attached hydrogen (secondary N) is 1. The fourth-order valence-electron chi connectivity index (χ4n) is 2.35. The van der Waals surface area contributed by atoms with Crippen LogP contribution in [0.15, 0.2) is 16.6 Å². The number of urea groups is 1.